The molecule has 0 bridgehead atoms. The first-order chi connectivity index (χ1) is 7.31. The molecular weight excluding hydrogens is 210 g/mol. The molecule has 4 heteroatoms. The highest BCUT2D eigenvalue weighted by molar-refractivity contribution is 7.99. The molecule has 3 nitrogen and oxygen atoms in total. The Morgan fingerprint density at radius 2 is 2.27 bits per heavy atom. The second-order valence-electron chi connectivity index (χ2n) is 3.43. The van der Waals surface area contributed by atoms with Crippen LogP contribution >= 0.6 is 11.8 Å². The molecule has 1 amide bonds. The number of rotatable bonds is 1. The summed E-state index contributed by atoms with van der Waals surface area (Å²) in [6.45, 7) is 0.925. The molecule has 80 valence electrons. The predicted octanol–water partition coefficient (Wildman–Crippen LogP) is 1.11. The lowest BCUT2D eigenvalue weighted by atomic mass is 10.2. The molecule has 0 saturated carbocycles. The summed E-state index contributed by atoms with van der Waals surface area (Å²) in [6.07, 6.45) is 0. The van der Waals surface area contributed by atoms with E-state index in [4.69, 9.17) is 5.11 Å². The van der Waals surface area contributed by atoms with Gasteiger partial charge in [0, 0.05) is 23.7 Å². The van der Waals surface area contributed by atoms with Gasteiger partial charge in [-0.3, -0.25) is 4.79 Å². The average molecular weight is 223 g/mol. The molecule has 0 aromatic heterocycles. The number of hydrogen-bond acceptors (Lipinski definition) is 3. The summed E-state index contributed by atoms with van der Waals surface area (Å²) in [5, 5.41) is 8.83. The molecule has 0 saturated heterocycles. The van der Waals surface area contributed by atoms with Gasteiger partial charge in [-0.15, -0.1) is 11.8 Å². The van der Waals surface area contributed by atoms with E-state index in [9.17, 15) is 4.79 Å². The van der Waals surface area contributed by atoms with E-state index in [0.29, 0.717) is 13.1 Å². The Hall–Kier alpha value is -1.00. The third-order valence-corrected chi connectivity index (χ3v) is 3.54. The topological polar surface area (TPSA) is 40.5 Å². The van der Waals surface area contributed by atoms with Crippen molar-refractivity contribution in [2.24, 2.45) is 0 Å². The number of amides is 1. The highest BCUT2D eigenvalue weighted by Crippen LogP contribution is 2.26. The van der Waals surface area contributed by atoms with Crippen LogP contribution in [-0.4, -0.2) is 34.8 Å². The minimum atomic E-state index is -0.396. The normalized spacial score (nSPS) is 15.7. The number of thioether (sulfide) groups is 1. The van der Waals surface area contributed by atoms with Crippen LogP contribution in [0.3, 0.4) is 0 Å². The van der Waals surface area contributed by atoms with Crippen LogP contribution in [0.4, 0.5) is 0 Å². The molecule has 0 fully saturated rings. The first kappa shape index (κ1) is 10.5. The minimum Gasteiger partial charge on any atom is -0.387 e. The number of fused-ring (bicyclic) bond motifs is 1. The van der Waals surface area contributed by atoms with Gasteiger partial charge in [-0.25, -0.2) is 0 Å². The van der Waals surface area contributed by atoms with Crippen molar-refractivity contribution in [3.8, 4) is 0 Å². The zero-order valence-corrected chi connectivity index (χ0v) is 9.17. The summed E-state index contributed by atoms with van der Waals surface area (Å²) in [6, 6.07) is 8.10. The SMILES string of the molecule is O=C(CO)N1CCSc2ccccc2C1. The molecule has 1 N–H and O–H groups in total. The molecule has 2 rings (SSSR count). The number of aliphatic hydroxyl groups excluding tert-OH is 1. The van der Waals surface area contributed by atoms with Crippen LogP contribution in [-0.2, 0) is 11.3 Å². The highest BCUT2D eigenvalue weighted by atomic mass is 32.2. The maximum atomic E-state index is 11.4. The van der Waals surface area contributed by atoms with Crippen molar-refractivity contribution < 1.29 is 9.90 Å². The lowest BCUT2D eigenvalue weighted by Crippen LogP contribution is -2.33. The van der Waals surface area contributed by atoms with Crippen molar-refractivity contribution in [3.63, 3.8) is 0 Å². The van der Waals surface area contributed by atoms with Crippen molar-refractivity contribution in [2.45, 2.75) is 11.4 Å². The van der Waals surface area contributed by atoms with E-state index in [2.05, 4.69) is 6.07 Å². The van der Waals surface area contributed by atoms with Gasteiger partial charge in [0.05, 0.1) is 0 Å². The number of carbonyl (C=O) groups excluding carboxylic acids is 1. The fourth-order valence-corrected chi connectivity index (χ4v) is 2.66. The molecule has 1 aliphatic rings. The van der Waals surface area contributed by atoms with Gasteiger partial charge >= 0.3 is 0 Å². The van der Waals surface area contributed by atoms with Crippen molar-refractivity contribution in [1.82, 2.24) is 4.90 Å². The Morgan fingerprint density at radius 1 is 1.47 bits per heavy atom. The third-order valence-electron chi connectivity index (χ3n) is 2.44. The van der Waals surface area contributed by atoms with Gasteiger partial charge < -0.3 is 10.0 Å². The van der Waals surface area contributed by atoms with Crippen LogP contribution in [0.1, 0.15) is 5.56 Å². The summed E-state index contributed by atoms with van der Waals surface area (Å²) in [4.78, 5) is 14.3. The zero-order chi connectivity index (χ0) is 10.7. The first-order valence-electron chi connectivity index (χ1n) is 4.90. The number of aliphatic hydroxyl groups is 1. The van der Waals surface area contributed by atoms with E-state index in [1.807, 2.05) is 18.2 Å². The van der Waals surface area contributed by atoms with Gasteiger partial charge in [-0.05, 0) is 11.6 Å². The molecule has 0 atom stereocenters. The van der Waals surface area contributed by atoms with Crippen molar-refractivity contribution >= 4 is 17.7 Å². The number of hydrogen-bond donors (Lipinski definition) is 1. The van der Waals surface area contributed by atoms with Crippen LogP contribution in [0, 0.1) is 0 Å². The maximum Gasteiger partial charge on any atom is 0.248 e. The quantitative estimate of drug-likeness (QED) is 0.775. The molecule has 1 aliphatic heterocycles. The van der Waals surface area contributed by atoms with Crippen molar-refractivity contribution in [3.05, 3.63) is 29.8 Å². The van der Waals surface area contributed by atoms with Crippen LogP contribution in [0.25, 0.3) is 0 Å². The molecule has 1 aromatic carbocycles. The summed E-state index contributed by atoms with van der Waals surface area (Å²) < 4.78 is 0. The first-order valence-corrected chi connectivity index (χ1v) is 5.89. The molecule has 0 radical (unpaired) electrons. The molecule has 0 spiro atoms. The van der Waals surface area contributed by atoms with Crippen LogP contribution in [0.5, 0.6) is 0 Å². The van der Waals surface area contributed by atoms with Crippen molar-refractivity contribution in [2.75, 3.05) is 18.9 Å². The summed E-state index contributed by atoms with van der Waals surface area (Å²) in [7, 11) is 0. The Labute approximate surface area is 93.1 Å². The van der Waals surface area contributed by atoms with Crippen LogP contribution in [0.15, 0.2) is 29.2 Å². The van der Waals surface area contributed by atoms with E-state index >= 15 is 0 Å². The Kier molecular flexibility index (Phi) is 3.28. The van der Waals surface area contributed by atoms with E-state index < -0.39 is 6.61 Å². The summed E-state index contributed by atoms with van der Waals surface area (Å²) in [5.74, 6) is 0.704. The molecule has 0 unspecified atom stereocenters. The van der Waals surface area contributed by atoms with Gasteiger partial charge in [-0.2, -0.15) is 0 Å². The minimum absolute atomic E-state index is 0.188. The lowest BCUT2D eigenvalue weighted by molar-refractivity contribution is -0.134. The Balaban J connectivity index is 2.21. The van der Waals surface area contributed by atoms with Crippen LogP contribution in [0.2, 0.25) is 0 Å². The molecule has 15 heavy (non-hydrogen) atoms. The number of carbonyl (C=O) groups is 1. The standard InChI is InChI=1S/C11H13NO2S/c13-8-11(14)12-5-6-15-10-4-2-1-3-9(10)7-12/h1-4,13H,5-8H2. The molecule has 0 aliphatic carbocycles. The van der Waals surface area contributed by atoms with Gasteiger partial charge in [-0.1, -0.05) is 18.2 Å². The number of benzene rings is 1. The predicted molar refractivity (Wildman–Crippen MR) is 59.7 cm³/mol. The Morgan fingerprint density at radius 3 is 3.07 bits per heavy atom. The van der Waals surface area contributed by atoms with E-state index in [1.165, 1.54) is 10.5 Å². The molecular formula is C11H13NO2S. The zero-order valence-electron chi connectivity index (χ0n) is 8.35. The summed E-state index contributed by atoms with van der Waals surface area (Å²) in [5.41, 5.74) is 1.17. The molecule has 1 aromatic rings. The van der Waals surface area contributed by atoms with Gasteiger partial charge in [0.1, 0.15) is 6.61 Å². The fraction of sp³-hybridized carbons (Fsp3) is 0.364. The van der Waals surface area contributed by atoms with E-state index in [-0.39, 0.29) is 5.91 Å². The molecule has 1 heterocycles. The van der Waals surface area contributed by atoms with Crippen LogP contribution < -0.4 is 0 Å². The fourth-order valence-electron chi connectivity index (χ4n) is 1.64. The van der Waals surface area contributed by atoms with Gasteiger partial charge in [0.25, 0.3) is 0 Å². The van der Waals surface area contributed by atoms with E-state index in [0.717, 1.165) is 5.75 Å². The van der Waals surface area contributed by atoms with Gasteiger partial charge in [0.2, 0.25) is 5.91 Å². The summed E-state index contributed by atoms with van der Waals surface area (Å²) >= 11 is 1.77. The number of nitrogens with zero attached hydrogens (tertiary/aromatic N) is 1. The Bertz CT molecular complexity index is 367. The van der Waals surface area contributed by atoms with Gasteiger partial charge in [0.15, 0.2) is 0 Å². The highest BCUT2D eigenvalue weighted by Gasteiger charge is 2.17. The monoisotopic (exact) mass is 223 g/mol. The smallest absolute Gasteiger partial charge is 0.248 e. The largest absolute Gasteiger partial charge is 0.387 e. The van der Waals surface area contributed by atoms with Crippen molar-refractivity contribution in [1.29, 1.82) is 0 Å². The second kappa shape index (κ2) is 4.68. The maximum absolute atomic E-state index is 11.4. The third kappa shape index (κ3) is 2.33. The average Bonchev–Trinajstić information content (AvgIpc) is 2.49. The van der Waals surface area contributed by atoms with E-state index in [1.54, 1.807) is 16.7 Å². The second-order valence-corrected chi connectivity index (χ2v) is 4.57. The lowest BCUT2D eigenvalue weighted by Gasteiger charge is -2.19.